The SMILES string of the molecule is COc1cc(-c2cc(CN(C[C@@H]3CCCO3)C(=O)Nc3ccccc3F)no2)cc(OC)c1OC. The van der Waals surface area contributed by atoms with Crippen LogP contribution in [0.1, 0.15) is 18.5 Å². The number of benzene rings is 2. The maximum Gasteiger partial charge on any atom is 0.322 e. The number of para-hydroxylation sites is 1. The minimum Gasteiger partial charge on any atom is -0.493 e. The summed E-state index contributed by atoms with van der Waals surface area (Å²) in [4.78, 5) is 14.6. The number of nitrogens with one attached hydrogen (secondary N) is 1. The van der Waals surface area contributed by atoms with Crippen LogP contribution in [0.3, 0.4) is 0 Å². The van der Waals surface area contributed by atoms with Gasteiger partial charge in [-0.1, -0.05) is 17.3 Å². The highest BCUT2D eigenvalue weighted by atomic mass is 19.1. The van der Waals surface area contributed by atoms with Crippen LogP contribution in [-0.4, -0.2) is 56.7 Å². The number of hydrogen-bond acceptors (Lipinski definition) is 7. The van der Waals surface area contributed by atoms with Crippen molar-refractivity contribution in [2.75, 3.05) is 39.8 Å². The smallest absolute Gasteiger partial charge is 0.322 e. The highest BCUT2D eigenvalue weighted by Crippen LogP contribution is 2.41. The van der Waals surface area contributed by atoms with Crippen LogP contribution in [0.2, 0.25) is 0 Å². The molecule has 1 atom stereocenters. The fraction of sp³-hybridized carbons (Fsp3) is 0.360. The van der Waals surface area contributed by atoms with Crippen molar-refractivity contribution in [3.05, 3.63) is 54.0 Å². The van der Waals surface area contributed by atoms with Gasteiger partial charge in [-0.15, -0.1) is 0 Å². The standard InChI is InChI=1S/C25H28FN3O6/c1-31-22-11-16(12-23(32-2)24(22)33-3)21-13-17(28-35-21)14-29(15-18-7-6-10-34-18)25(30)27-20-9-5-4-8-19(20)26/h4-5,8-9,11-13,18H,6-7,10,14-15H2,1-3H3,(H,27,30)/t18-/m0/s1. The average molecular weight is 486 g/mol. The van der Waals surface area contributed by atoms with Gasteiger partial charge in [0.05, 0.1) is 39.7 Å². The molecule has 0 saturated carbocycles. The second-order valence-corrected chi connectivity index (χ2v) is 8.02. The number of urea groups is 1. The normalized spacial score (nSPS) is 15.0. The van der Waals surface area contributed by atoms with Gasteiger partial charge in [0.15, 0.2) is 17.3 Å². The summed E-state index contributed by atoms with van der Waals surface area (Å²) in [6.07, 6.45) is 1.68. The summed E-state index contributed by atoms with van der Waals surface area (Å²) in [5.74, 6) is 1.37. The zero-order chi connectivity index (χ0) is 24.8. The molecule has 0 aliphatic carbocycles. The van der Waals surface area contributed by atoms with Crippen LogP contribution in [-0.2, 0) is 11.3 Å². The molecular weight excluding hydrogens is 457 g/mol. The monoisotopic (exact) mass is 485 g/mol. The van der Waals surface area contributed by atoms with E-state index in [1.165, 1.54) is 33.5 Å². The van der Waals surface area contributed by atoms with Crippen LogP contribution in [0.4, 0.5) is 14.9 Å². The van der Waals surface area contributed by atoms with E-state index in [1.54, 1.807) is 35.2 Å². The third kappa shape index (κ3) is 5.65. The van der Waals surface area contributed by atoms with Crippen molar-refractivity contribution in [1.82, 2.24) is 10.1 Å². The number of anilines is 1. The molecule has 1 aromatic heterocycles. The second kappa shape index (κ2) is 11.1. The number of nitrogens with zero attached hydrogens (tertiary/aromatic N) is 2. The van der Waals surface area contributed by atoms with E-state index in [-0.39, 0.29) is 18.3 Å². The summed E-state index contributed by atoms with van der Waals surface area (Å²) in [5, 5.41) is 6.78. The highest BCUT2D eigenvalue weighted by molar-refractivity contribution is 5.89. The number of halogens is 1. The van der Waals surface area contributed by atoms with Crippen molar-refractivity contribution in [1.29, 1.82) is 0 Å². The number of methoxy groups -OCH3 is 3. The Balaban J connectivity index is 1.56. The summed E-state index contributed by atoms with van der Waals surface area (Å²) < 4.78 is 41.6. The summed E-state index contributed by atoms with van der Waals surface area (Å²) in [6, 6.07) is 10.8. The fourth-order valence-electron chi connectivity index (χ4n) is 3.95. The predicted molar refractivity (Wildman–Crippen MR) is 126 cm³/mol. The molecule has 0 radical (unpaired) electrons. The van der Waals surface area contributed by atoms with Gasteiger partial charge in [-0.25, -0.2) is 9.18 Å². The van der Waals surface area contributed by atoms with Gasteiger partial charge in [-0.05, 0) is 37.1 Å². The van der Waals surface area contributed by atoms with E-state index in [0.717, 1.165) is 12.8 Å². The molecule has 1 aliphatic rings. The molecular formula is C25H28FN3O6. The molecule has 1 aliphatic heterocycles. The molecule has 2 amide bonds. The van der Waals surface area contributed by atoms with E-state index < -0.39 is 11.8 Å². The maximum atomic E-state index is 14.1. The molecule has 1 N–H and O–H groups in total. The molecule has 35 heavy (non-hydrogen) atoms. The molecule has 0 bridgehead atoms. The van der Waals surface area contributed by atoms with Crippen molar-refractivity contribution in [3.63, 3.8) is 0 Å². The van der Waals surface area contributed by atoms with Crippen LogP contribution in [0.25, 0.3) is 11.3 Å². The van der Waals surface area contributed by atoms with Gasteiger partial charge >= 0.3 is 6.03 Å². The van der Waals surface area contributed by atoms with Gasteiger partial charge in [0.1, 0.15) is 11.5 Å². The second-order valence-electron chi connectivity index (χ2n) is 8.02. The molecule has 10 heteroatoms. The van der Waals surface area contributed by atoms with Gasteiger partial charge in [0.25, 0.3) is 0 Å². The quantitative estimate of drug-likeness (QED) is 0.469. The van der Waals surface area contributed by atoms with Crippen molar-refractivity contribution in [3.8, 4) is 28.6 Å². The number of carbonyl (C=O) groups is 1. The molecule has 1 fully saturated rings. The minimum atomic E-state index is -0.510. The largest absolute Gasteiger partial charge is 0.493 e. The molecule has 9 nitrogen and oxygen atoms in total. The van der Waals surface area contributed by atoms with Crippen LogP contribution in [0, 0.1) is 5.82 Å². The Hall–Kier alpha value is -3.79. The third-order valence-electron chi connectivity index (χ3n) is 5.71. The molecule has 1 saturated heterocycles. The van der Waals surface area contributed by atoms with E-state index in [9.17, 15) is 9.18 Å². The summed E-state index contributed by atoms with van der Waals surface area (Å²) in [5.41, 5.74) is 1.29. The first-order chi connectivity index (χ1) is 17.0. The molecule has 2 aromatic carbocycles. The van der Waals surface area contributed by atoms with E-state index in [0.29, 0.717) is 47.4 Å². The first-order valence-corrected chi connectivity index (χ1v) is 11.2. The lowest BCUT2D eigenvalue weighted by molar-refractivity contribution is 0.0814. The molecule has 186 valence electrons. The predicted octanol–water partition coefficient (Wildman–Crippen LogP) is 4.72. The van der Waals surface area contributed by atoms with Crippen LogP contribution >= 0.6 is 0 Å². The Labute approximate surface area is 202 Å². The fourth-order valence-corrected chi connectivity index (χ4v) is 3.95. The summed E-state index contributed by atoms with van der Waals surface area (Å²) in [6.45, 7) is 1.14. The lowest BCUT2D eigenvalue weighted by atomic mass is 10.1. The first-order valence-electron chi connectivity index (χ1n) is 11.2. The number of rotatable bonds is 9. The molecule has 4 rings (SSSR count). The number of ether oxygens (including phenoxy) is 4. The average Bonchev–Trinajstić information content (AvgIpc) is 3.56. The van der Waals surface area contributed by atoms with Gasteiger partial charge < -0.3 is 33.7 Å². The topological polar surface area (TPSA) is 95.3 Å². The van der Waals surface area contributed by atoms with Crippen molar-refractivity contribution < 1.29 is 32.7 Å². The van der Waals surface area contributed by atoms with E-state index in [2.05, 4.69) is 10.5 Å². The van der Waals surface area contributed by atoms with E-state index >= 15 is 0 Å². The highest BCUT2D eigenvalue weighted by Gasteiger charge is 2.25. The van der Waals surface area contributed by atoms with E-state index in [1.807, 2.05) is 0 Å². The zero-order valence-corrected chi connectivity index (χ0v) is 19.9. The Bertz CT molecular complexity index is 1140. The van der Waals surface area contributed by atoms with Crippen molar-refractivity contribution in [2.45, 2.75) is 25.5 Å². The lowest BCUT2D eigenvalue weighted by Gasteiger charge is -2.25. The minimum absolute atomic E-state index is 0.0946. The summed E-state index contributed by atoms with van der Waals surface area (Å²) >= 11 is 0. The van der Waals surface area contributed by atoms with Gasteiger partial charge in [0, 0.05) is 24.8 Å². The molecule has 0 spiro atoms. The Morgan fingerprint density at radius 1 is 1.14 bits per heavy atom. The number of hydrogen-bond donors (Lipinski definition) is 1. The summed E-state index contributed by atoms with van der Waals surface area (Å²) in [7, 11) is 4.59. The molecule has 3 aromatic rings. The van der Waals surface area contributed by atoms with E-state index in [4.69, 9.17) is 23.5 Å². The number of carbonyl (C=O) groups excluding carboxylic acids is 1. The Morgan fingerprint density at radius 3 is 2.51 bits per heavy atom. The van der Waals surface area contributed by atoms with Crippen LogP contribution in [0.5, 0.6) is 17.2 Å². The number of aromatic nitrogens is 1. The Kier molecular flexibility index (Phi) is 7.71. The first kappa shape index (κ1) is 24.3. The maximum absolute atomic E-state index is 14.1. The van der Waals surface area contributed by atoms with Crippen molar-refractivity contribution in [2.24, 2.45) is 0 Å². The van der Waals surface area contributed by atoms with Gasteiger partial charge in [0.2, 0.25) is 5.75 Å². The Morgan fingerprint density at radius 2 is 1.89 bits per heavy atom. The molecule has 0 unspecified atom stereocenters. The third-order valence-corrected chi connectivity index (χ3v) is 5.71. The zero-order valence-electron chi connectivity index (χ0n) is 19.9. The molecule has 2 heterocycles. The van der Waals surface area contributed by atoms with Crippen LogP contribution < -0.4 is 19.5 Å². The van der Waals surface area contributed by atoms with Crippen molar-refractivity contribution >= 4 is 11.7 Å². The van der Waals surface area contributed by atoms with Gasteiger partial charge in [-0.3, -0.25) is 0 Å². The van der Waals surface area contributed by atoms with Crippen LogP contribution in [0.15, 0.2) is 47.0 Å². The van der Waals surface area contributed by atoms with Gasteiger partial charge in [-0.2, -0.15) is 0 Å². The number of amides is 2. The lowest BCUT2D eigenvalue weighted by Crippen LogP contribution is -2.39.